The molecule has 18 heavy (non-hydrogen) atoms. The fraction of sp³-hybridized carbons (Fsp3) is 0.786. The second-order valence-corrected chi connectivity index (χ2v) is 6.05. The van der Waals surface area contributed by atoms with Gasteiger partial charge in [0, 0.05) is 12.6 Å². The van der Waals surface area contributed by atoms with Gasteiger partial charge in [0.1, 0.15) is 0 Å². The van der Waals surface area contributed by atoms with Crippen molar-refractivity contribution in [2.75, 3.05) is 6.54 Å². The Morgan fingerprint density at radius 1 is 1.50 bits per heavy atom. The van der Waals surface area contributed by atoms with Gasteiger partial charge in [0.15, 0.2) is 0 Å². The van der Waals surface area contributed by atoms with Gasteiger partial charge >= 0.3 is 0 Å². The van der Waals surface area contributed by atoms with E-state index in [0.29, 0.717) is 6.04 Å². The van der Waals surface area contributed by atoms with Crippen LogP contribution in [-0.4, -0.2) is 22.4 Å². The number of nitrogens with zero attached hydrogens (tertiary/aromatic N) is 2. The summed E-state index contributed by atoms with van der Waals surface area (Å²) in [6.45, 7) is 6.49. The molecule has 1 N–H and O–H groups in total. The van der Waals surface area contributed by atoms with Gasteiger partial charge in [-0.15, -0.1) is 0 Å². The Labute approximate surface area is 118 Å². The second kappa shape index (κ2) is 6.71. The predicted molar refractivity (Wildman–Crippen MR) is 78.7 cm³/mol. The average Bonchev–Trinajstić information content (AvgIpc) is 3.15. The van der Waals surface area contributed by atoms with Gasteiger partial charge in [-0.1, -0.05) is 6.92 Å². The maximum Gasteiger partial charge on any atom is 0.0635 e. The van der Waals surface area contributed by atoms with Crippen molar-refractivity contribution in [1.29, 1.82) is 0 Å². The molecule has 0 aliphatic heterocycles. The van der Waals surface area contributed by atoms with Gasteiger partial charge in [0.2, 0.25) is 0 Å². The Balaban J connectivity index is 1.89. The average molecular weight is 314 g/mol. The van der Waals surface area contributed by atoms with Crippen LogP contribution in [0.5, 0.6) is 0 Å². The first kappa shape index (κ1) is 14.1. The first-order valence-corrected chi connectivity index (χ1v) is 7.99. The SMILES string of the molecule is CCCNC(CCc1c(Br)cnn1CC)C1CC1. The highest BCUT2D eigenvalue weighted by Crippen LogP contribution is 2.34. The van der Waals surface area contributed by atoms with E-state index >= 15 is 0 Å². The molecule has 0 amide bonds. The van der Waals surface area contributed by atoms with Crippen LogP contribution in [0.3, 0.4) is 0 Å². The third-order valence-corrected chi connectivity index (χ3v) is 4.40. The first-order chi connectivity index (χ1) is 8.76. The Morgan fingerprint density at radius 3 is 2.89 bits per heavy atom. The highest BCUT2D eigenvalue weighted by atomic mass is 79.9. The van der Waals surface area contributed by atoms with Crippen LogP contribution in [0.4, 0.5) is 0 Å². The fourth-order valence-electron chi connectivity index (χ4n) is 2.53. The van der Waals surface area contributed by atoms with E-state index in [-0.39, 0.29) is 0 Å². The fourth-order valence-corrected chi connectivity index (χ4v) is 3.03. The van der Waals surface area contributed by atoms with Crippen LogP contribution in [-0.2, 0) is 13.0 Å². The molecule has 2 rings (SSSR count). The van der Waals surface area contributed by atoms with Crippen LogP contribution >= 0.6 is 15.9 Å². The van der Waals surface area contributed by atoms with Crippen molar-refractivity contribution in [3.8, 4) is 0 Å². The van der Waals surface area contributed by atoms with Gasteiger partial charge in [-0.05, 0) is 67.4 Å². The van der Waals surface area contributed by atoms with Crippen molar-refractivity contribution in [2.45, 2.75) is 58.5 Å². The van der Waals surface area contributed by atoms with E-state index in [1.165, 1.54) is 31.4 Å². The molecule has 1 atom stereocenters. The van der Waals surface area contributed by atoms with Crippen LogP contribution in [0.15, 0.2) is 10.7 Å². The Bertz CT molecular complexity index is 371. The van der Waals surface area contributed by atoms with Gasteiger partial charge in [0.05, 0.1) is 16.4 Å². The van der Waals surface area contributed by atoms with Crippen LogP contribution < -0.4 is 5.32 Å². The van der Waals surface area contributed by atoms with E-state index in [1.54, 1.807) is 0 Å². The van der Waals surface area contributed by atoms with Gasteiger partial charge in [-0.25, -0.2) is 0 Å². The summed E-state index contributed by atoms with van der Waals surface area (Å²) in [7, 11) is 0. The molecule has 1 fully saturated rings. The summed E-state index contributed by atoms with van der Waals surface area (Å²) < 4.78 is 3.27. The zero-order valence-electron chi connectivity index (χ0n) is 11.5. The van der Waals surface area contributed by atoms with E-state index in [2.05, 4.69) is 44.9 Å². The summed E-state index contributed by atoms with van der Waals surface area (Å²) in [5.74, 6) is 0.924. The third-order valence-electron chi connectivity index (χ3n) is 3.74. The smallest absolute Gasteiger partial charge is 0.0635 e. The number of nitrogens with one attached hydrogen (secondary N) is 1. The van der Waals surface area contributed by atoms with E-state index in [9.17, 15) is 0 Å². The highest BCUT2D eigenvalue weighted by molar-refractivity contribution is 9.10. The standard InChI is InChI=1S/C14H24BrN3/c1-3-9-16-13(11-5-6-11)7-8-14-12(15)10-17-18(14)4-2/h10-11,13,16H,3-9H2,1-2H3. The minimum Gasteiger partial charge on any atom is -0.314 e. The van der Waals surface area contributed by atoms with E-state index in [0.717, 1.165) is 29.9 Å². The summed E-state index contributed by atoms with van der Waals surface area (Å²) in [6.07, 6.45) is 8.32. The summed E-state index contributed by atoms with van der Waals surface area (Å²) >= 11 is 3.61. The number of halogens is 1. The quantitative estimate of drug-likeness (QED) is 0.797. The van der Waals surface area contributed by atoms with Crippen LogP contribution in [0.1, 0.15) is 45.2 Å². The van der Waals surface area contributed by atoms with Crippen LogP contribution in [0.25, 0.3) is 0 Å². The molecule has 0 aromatic carbocycles. The molecule has 1 heterocycles. The lowest BCUT2D eigenvalue weighted by atomic mass is 10.0. The van der Waals surface area contributed by atoms with Gasteiger partial charge in [0.25, 0.3) is 0 Å². The van der Waals surface area contributed by atoms with Crippen molar-refractivity contribution in [2.24, 2.45) is 5.92 Å². The van der Waals surface area contributed by atoms with E-state index < -0.39 is 0 Å². The molecular formula is C14H24BrN3. The number of hydrogen-bond donors (Lipinski definition) is 1. The number of aryl methyl sites for hydroxylation is 1. The summed E-state index contributed by atoms with van der Waals surface area (Å²) in [4.78, 5) is 0. The minimum atomic E-state index is 0.706. The van der Waals surface area contributed by atoms with Gasteiger partial charge < -0.3 is 5.32 Å². The lowest BCUT2D eigenvalue weighted by Crippen LogP contribution is -2.32. The molecular weight excluding hydrogens is 290 g/mol. The molecule has 1 aliphatic rings. The van der Waals surface area contributed by atoms with E-state index in [4.69, 9.17) is 0 Å². The van der Waals surface area contributed by atoms with Crippen molar-refractivity contribution < 1.29 is 0 Å². The lowest BCUT2D eigenvalue weighted by Gasteiger charge is -2.18. The molecule has 0 saturated heterocycles. The third kappa shape index (κ3) is 3.58. The predicted octanol–water partition coefficient (Wildman–Crippen LogP) is 3.38. The normalized spacial score (nSPS) is 17.1. The van der Waals surface area contributed by atoms with Crippen molar-refractivity contribution in [1.82, 2.24) is 15.1 Å². The molecule has 0 bridgehead atoms. The molecule has 1 aromatic rings. The Kier molecular flexibility index (Phi) is 5.25. The minimum absolute atomic E-state index is 0.706. The van der Waals surface area contributed by atoms with E-state index in [1.807, 2.05) is 6.20 Å². The number of rotatable bonds is 8. The molecule has 1 aliphatic carbocycles. The molecule has 4 heteroatoms. The maximum atomic E-state index is 4.38. The van der Waals surface area contributed by atoms with Crippen molar-refractivity contribution >= 4 is 15.9 Å². The maximum absolute atomic E-state index is 4.38. The van der Waals surface area contributed by atoms with Crippen LogP contribution in [0, 0.1) is 5.92 Å². The Morgan fingerprint density at radius 2 is 2.28 bits per heavy atom. The van der Waals surface area contributed by atoms with Crippen molar-refractivity contribution in [3.05, 3.63) is 16.4 Å². The van der Waals surface area contributed by atoms with Gasteiger partial charge in [-0.2, -0.15) is 5.10 Å². The molecule has 1 saturated carbocycles. The summed E-state index contributed by atoms with van der Waals surface area (Å²) in [5, 5.41) is 8.09. The first-order valence-electron chi connectivity index (χ1n) is 7.19. The van der Waals surface area contributed by atoms with Gasteiger partial charge in [-0.3, -0.25) is 4.68 Å². The zero-order chi connectivity index (χ0) is 13.0. The molecule has 1 unspecified atom stereocenters. The van der Waals surface area contributed by atoms with Crippen LogP contribution in [0.2, 0.25) is 0 Å². The summed E-state index contributed by atoms with van der Waals surface area (Å²) in [5.41, 5.74) is 1.35. The molecule has 3 nitrogen and oxygen atoms in total. The number of aromatic nitrogens is 2. The largest absolute Gasteiger partial charge is 0.314 e. The zero-order valence-corrected chi connectivity index (χ0v) is 13.0. The molecule has 102 valence electrons. The lowest BCUT2D eigenvalue weighted by molar-refractivity contribution is 0.429. The number of hydrogen-bond acceptors (Lipinski definition) is 2. The molecule has 0 spiro atoms. The highest BCUT2D eigenvalue weighted by Gasteiger charge is 2.30. The van der Waals surface area contributed by atoms with Crippen molar-refractivity contribution in [3.63, 3.8) is 0 Å². The second-order valence-electron chi connectivity index (χ2n) is 5.19. The summed E-state index contributed by atoms with van der Waals surface area (Å²) in [6, 6.07) is 0.706. The monoisotopic (exact) mass is 313 g/mol. The Hall–Kier alpha value is -0.350. The topological polar surface area (TPSA) is 29.9 Å². The molecule has 0 radical (unpaired) electrons. The molecule has 1 aromatic heterocycles.